The number of likely N-dealkylation sites (tertiary alicyclic amines) is 1. The fourth-order valence-corrected chi connectivity index (χ4v) is 3.72. The molecule has 1 unspecified atom stereocenters. The molecule has 3 rings (SSSR count). The van der Waals surface area contributed by atoms with Crippen molar-refractivity contribution >= 4 is 21.2 Å². The van der Waals surface area contributed by atoms with E-state index in [0.717, 1.165) is 31.2 Å². The molecule has 1 aromatic carbocycles. The van der Waals surface area contributed by atoms with E-state index in [9.17, 15) is 8.42 Å². The average Bonchev–Trinajstić information content (AvgIpc) is 3.11. The van der Waals surface area contributed by atoms with Crippen molar-refractivity contribution in [3.8, 4) is 0 Å². The van der Waals surface area contributed by atoms with Gasteiger partial charge in [-0.15, -0.1) is 0 Å². The Balaban J connectivity index is 1.75. The summed E-state index contributed by atoms with van der Waals surface area (Å²) in [6.07, 6.45) is 4.91. The van der Waals surface area contributed by atoms with E-state index in [2.05, 4.69) is 10.2 Å². The minimum Gasteiger partial charge on any atom is -0.396 e. The second-order valence-corrected chi connectivity index (χ2v) is 7.83. The summed E-state index contributed by atoms with van der Waals surface area (Å²) in [5.74, 6) is 0. The lowest BCUT2D eigenvalue weighted by Crippen LogP contribution is -2.28. The third kappa shape index (κ3) is 2.76. The highest BCUT2D eigenvalue weighted by Crippen LogP contribution is 2.32. The van der Waals surface area contributed by atoms with Crippen molar-refractivity contribution in [1.29, 1.82) is 0 Å². The summed E-state index contributed by atoms with van der Waals surface area (Å²) in [5.41, 5.74) is 7.06. The molecule has 1 heterocycles. The van der Waals surface area contributed by atoms with Crippen LogP contribution >= 0.6 is 0 Å². The van der Waals surface area contributed by atoms with Gasteiger partial charge in [0.15, 0.2) is 9.84 Å². The maximum Gasteiger partial charge on any atom is 0.177 e. The van der Waals surface area contributed by atoms with Gasteiger partial charge in [0.25, 0.3) is 0 Å². The van der Waals surface area contributed by atoms with E-state index in [1.165, 1.54) is 19.1 Å². The molecule has 3 N–H and O–H groups in total. The highest BCUT2D eigenvalue weighted by molar-refractivity contribution is 7.90. The molecule has 5 nitrogen and oxygen atoms in total. The number of para-hydroxylation sites is 1. The normalized spacial score (nSPS) is 23.9. The molecule has 0 radical (unpaired) electrons. The van der Waals surface area contributed by atoms with Crippen molar-refractivity contribution in [2.24, 2.45) is 0 Å². The number of anilines is 2. The molecule has 1 atom stereocenters. The first-order chi connectivity index (χ1) is 9.45. The third-order valence-electron chi connectivity index (χ3n) is 4.11. The molecule has 1 saturated heterocycles. The molecule has 0 spiro atoms. The molecule has 1 aromatic rings. The number of nitrogens with one attached hydrogen (secondary N) is 1. The Hall–Kier alpha value is -1.27. The molecule has 2 aliphatic rings. The van der Waals surface area contributed by atoms with Gasteiger partial charge in [0.1, 0.15) is 0 Å². The number of hydrogen-bond acceptors (Lipinski definition) is 5. The first-order valence-electron chi connectivity index (χ1n) is 7.04. The Kier molecular flexibility index (Phi) is 3.38. The summed E-state index contributed by atoms with van der Waals surface area (Å²) in [6, 6.07) is 6.28. The van der Waals surface area contributed by atoms with Gasteiger partial charge in [0.2, 0.25) is 0 Å². The van der Waals surface area contributed by atoms with Crippen LogP contribution in [0, 0.1) is 0 Å². The lowest BCUT2D eigenvalue weighted by molar-refractivity contribution is 0.326. The number of nitrogens with zero attached hydrogens (tertiary/aromatic N) is 1. The molecule has 1 saturated carbocycles. The summed E-state index contributed by atoms with van der Waals surface area (Å²) >= 11 is 0. The minimum atomic E-state index is -3.28. The van der Waals surface area contributed by atoms with Crippen LogP contribution in [-0.2, 0) is 9.84 Å². The van der Waals surface area contributed by atoms with Crippen LogP contribution < -0.4 is 11.1 Å². The van der Waals surface area contributed by atoms with E-state index in [1.54, 1.807) is 12.1 Å². The average molecular weight is 295 g/mol. The maximum atomic E-state index is 11.7. The van der Waals surface area contributed by atoms with E-state index in [0.29, 0.717) is 11.7 Å². The summed E-state index contributed by atoms with van der Waals surface area (Å²) < 4.78 is 23.4. The third-order valence-corrected chi connectivity index (χ3v) is 5.26. The smallest absolute Gasteiger partial charge is 0.177 e. The number of nitrogen functional groups attached to an aromatic ring is 1. The van der Waals surface area contributed by atoms with E-state index >= 15 is 0 Å². The predicted molar refractivity (Wildman–Crippen MR) is 80.6 cm³/mol. The number of rotatable bonds is 4. The second-order valence-electron chi connectivity index (χ2n) is 5.85. The van der Waals surface area contributed by atoms with E-state index in [-0.39, 0.29) is 4.90 Å². The van der Waals surface area contributed by atoms with E-state index < -0.39 is 9.84 Å². The Bertz CT molecular complexity index is 611. The second kappa shape index (κ2) is 4.93. The van der Waals surface area contributed by atoms with E-state index in [1.807, 2.05) is 6.07 Å². The van der Waals surface area contributed by atoms with Gasteiger partial charge in [0, 0.05) is 31.4 Å². The van der Waals surface area contributed by atoms with Crippen LogP contribution in [0.1, 0.15) is 19.3 Å². The predicted octanol–water partition coefficient (Wildman–Crippen LogP) is 1.32. The monoisotopic (exact) mass is 295 g/mol. The van der Waals surface area contributed by atoms with Gasteiger partial charge in [-0.2, -0.15) is 0 Å². The Morgan fingerprint density at radius 3 is 2.70 bits per heavy atom. The van der Waals surface area contributed by atoms with Crippen LogP contribution in [0.2, 0.25) is 0 Å². The number of sulfone groups is 1. The van der Waals surface area contributed by atoms with Gasteiger partial charge in [-0.05, 0) is 31.4 Å². The molecule has 1 aliphatic carbocycles. The molecule has 110 valence electrons. The molecule has 0 aromatic heterocycles. The number of hydrogen-bond donors (Lipinski definition) is 2. The van der Waals surface area contributed by atoms with Crippen molar-refractivity contribution in [2.45, 2.75) is 36.2 Å². The molecule has 0 bridgehead atoms. The van der Waals surface area contributed by atoms with Crippen LogP contribution in [-0.4, -0.2) is 44.7 Å². The first-order valence-corrected chi connectivity index (χ1v) is 8.93. The van der Waals surface area contributed by atoms with Gasteiger partial charge in [-0.3, -0.25) is 4.90 Å². The van der Waals surface area contributed by atoms with Gasteiger partial charge in [0.05, 0.1) is 16.3 Å². The number of nitrogens with two attached hydrogens (primary N) is 1. The zero-order valence-corrected chi connectivity index (χ0v) is 12.5. The molecular weight excluding hydrogens is 274 g/mol. The minimum absolute atomic E-state index is 0.208. The highest BCUT2D eigenvalue weighted by Gasteiger charge is 2.34. The zero-order valence-electron chi connectivity index (χ0n) is 11.7. The van der Waals surface area contributed by atoms with Crippen molar-refractivity contribution in [3.63, 3.8) is 0 Å². The molecule has 6 heteroatoms. The Morgan fingerprint density at radius 2 is 2.05 bits per heavy atom. The van der Waals surface area contributed by atoms with Crippen molar-refractivity contribution in [2.75, 3.05) is 30.4 Å². The SMILES string of the molecule is CS(=O)(=O)c1cccc(NC2CCN(C3CC3)C2)c1N. The zero-order chi connectivity index (χ0) is 14.3. The fraction of sp³-hybridized carbons (Fsp3) is 0.571. The van der Waals surface area contributed by atoms with Crippen LogP contribution in [0.25, 0.3) is 0 Å². The Morgan fingerprint density at radius 1 is 1.30 bits per heavy atom. The van der Waals surface area contributed by atoms with Gasteiger partial charge >= 0.3 is 0 Å². The molecular formula is C14H21N3O2S. The van der Waals surface area contributed by atoms with Gasteiger partial charge in [-0.1, -0.05) is 6.07 Å². The van der Waals surface area contributed by atoms with Crippen LogP contribution in [0.5, 0.6) is 0 Å². The fourth-order valence-electron chi connectivity index (χ4n) is 2.89. The van der Waals surface area contributed by atoms with Gasteiger partial charge in [-0.25, -0.2) is 8.42 Å². The lowest BCUT2D eigenvalue weighted by Gasteiger charge is -2.18. The molecule has 2 fully saturated rings. The molecule has 0 amide bonds. The summed E-state index contributed by atoms with van der Waals surface area (Å²) in [6.45, 7) is 2.14. The van der Waals surface area contributed by atoms with Gasteiger partial charge < -0.3 is 11.1 Å². The van der Waals surface area contributed by atoms with E-state index in [4.69, 9.17) is 5.73 Å². The standard InChI is InChI=1S/C14H21N3O2S/c1-20(18,19)13-4-2-3-12(14(13)15)16-10-7-8-17(9-10)11-5-6-11/h2-4,10-11,16H,5-9,15H2,1H3. The van der Waals surface area contributed by atoms with Crippen molar-refractivity contribution < 1.29 is 8.42 Å². The van der Waals surface area contributed by atoms with Crippen LogP contribution in [0.15, 0.2) is 23.1 Å². The first kappa shape index (κ1) is 13.7. The van der Waals surface area contributed by atoms with Crippen LogP contribution in [0.4, 0.5) is 11.4 Å². The topological polar surface area (TPSA) is 75.4 Å². The quantitative estimate of drug-likeness (QED) is 0.819. The summed E-state index contributed by atoms with van der Waals surface area (Å²) in [5, 5.41) is 3.40. The Labute approximate surface area is 120 Å². The van der Waals surface area contributed by atoms with Crippen molar-refractivity contribution in [3.05, 3.63) is 18.2 Å². The summed E-state index contributed by atoms with van der Waals surface area (Å²) in [4.78, 5) is 2.72. The largest absolute Gasteiger partial charge is 0.396 e. The molecule has 20 heavy (non-hydrogen) atoms. The summed E-state index contributed by atoms with van der Waals surface area (Å²) in [7, 11) is -3.28. The maximum absolute atomic E-state index is 11.7. The van der Waals surface area contributed by atoms with Crippen molar-refractivity contribution in [1.82, 2.24) is 4.90 Å². The molecule has 1 aliphatic heterocycles. The lowest BCUT2D eigenvalue weighted by atomic mass is 10.2. The highest BCUT2D eigenvalue weighted by atomic mass is 32.2. The number of benzene rings is 1. The van der Waals surface area contributed by atoms with Crippen LogP contribution in [0.3, 0.4) is 0 Å².